The third-order valence-electron chi connectivity index (χ3n) is 2.32. The number of nitrogens with zero attached hydrogens (tertiary/aromatic N) is 1. The molecule has 2 aromatic rings. The number of para-hydroxylation sites is 2. The molecule has 3 nitrogen and oxygen atoms in total. The summed E-state index contributed by atoms with van der Waals surface area (Å²) in [6.45, 7) is 0. The van der Waals surface area contributed by atoms with Crippen LogP contribution in [0.4, 0.5) is 13.2 Å². The highest BCUT2D eigenvalue weighted by Crippen LogP contribution is 2.21. The zero-order chi connectivity index (χ0) is 12.5. The highest BCUT2D eigenvalue weighted by molar-refractivity contribution is 5.73. The summed E-state index contributed by atoms with van der Waals surface area (Å²) in [5, 5.41) is 0. The molecule has 1 N–H and O–H groups in total. The van der Waals surface area contributed by atoms with E-state index in [4.69, 9.17) is 0 Å². The summed E-state index contributed by atoms with van der Waals surface area (Å²) in [6.07, 6.45) is -5.72. The monoisotopic (exact) mass is 242 g/mol. The predicted molar refractivity (Wildman–Crippen MR) is 56.7 cm³/mol. The van der Waals surface area contributed by atoms with E-state index >= 15 is 0 Å². The molecule has 0 spiro atoms. The van der Waals surface area contributed by atoms with Crippen molar-refractivity contribution in [3.63, 3.8) is 0 Å². The molecule has 1 aromatic carbocycles. The molecule has 0 unspecified atom stereocenters. The quantitative estimate of drug-likeness (QED) is 0.879. The Labute approximate surface area is 94.3 Å². The fraction of sp³-hybridized carbons (Fsp3) is 0.273. The normalized spacial score (nSPS) is 11.9. The lowest BCUT2D eigenvalue weighted by Gasteiger charge is -2.05. The van der Waals surface area contributed by atoms with Gasteiger partial charge >= 0.3 is 6.18 Å². The number of alkyl halides is 3. The van der Waals surface area contributed by atoms with E-state index in [1.807, 2.05) is 0 Å². The van der Waals surface area contributed by atoms with Crippen LogP contribution in [0.15, 0.2) is 29.1 Å². The molecule has 0 bridgehead atoms. The molecule has 0 radical (unpaired) electrons. The van der Waals surface area contributed by atoms with Gasteiger partial charge in [0.15, 0.2) is 0 Å². The lowest BCUT2D eigenvalue weighted by atomic mass is 10.2. The summed E-state index contributed by atoms with van der Waals surface area (Å²) in [6, 6.07) is 6.72. The van der Waals surface area contributed by atoms with Crippen molar-refractivity contribution in [2.75, 3.05) is 0 Å². The molecule has 90 valence electrons. The first kappa shape index (κ1) is 11.6. The molecule has 2 rings (SSSR count). The minimum Gasteiger partial charge on any atom is -0.319 e. The fourth-order valence-corrected chi connectivity index (χ4v) is 1.50. The lowest BCUT2D eigenvalue weighted by Crippen LogP contribution is -2.18. The number of benzene rings is 1. The molecule has 0 fully saturated rings. The van der Waals surface area contributed by atoms with Crippen LogP contribution in [0.1, 0.15) is 12.1 Å². The number of fused-ring (bicyclic) bond motifs is 1. The molecule has 0 saturated heterocycles. The van der Waals surface area contributed by atoms with E-state index in [2.05, 4.69) is 9.97 Å². The fourth-order valence-electron chi connectivity index (χ4n) is 1.50. The van der Waals surface area contributed by atoms with Gasteiger partial charge in [0.1, 0.15) is 5.69 Å². The standard InChI is InChI=1S/C11H9F3N2O/c12-11(13,14)6-5-9-10(17)16-8-4-2-1-3-7(8)15-9/h1-4H,5-6H2,(H,16,17). The number of hydrogen-bond donors (Lipinski definition) is 1. The summed E-state index contributed by atoms with van der Waals surface area (Å²) in [7, 11) is 0. The maximum Gasteiger partial charge on any atom is 0.389 e. The summed E-state index contributed by atoms with van der Waals surface area (Å²) < 4.78 is 36.1. The van der Waals surface area contributed by atoms with Crippen LogP contribution in [-0.2, 0) is 6.42 Å². The van der Waals surface area contributed by atoms with Crippen molar-refractivity contribution in [3.8, 4) is 0 Å². The zero-order valence-corrected chi connectivity index (χ0v) is 8.71. The predicted octanol–water partition coefficient (Wildman–Crippen LogP) is 2.42. The summed E-state index contributed by atoms with van der Waals surface area (Å²) in [4.78, 5) is 17.9. The van der Waals surface area contributed by atoms with Gasteiger partial charge in [-0.3, -0.25) is 4.79 Å². The maximum atomic E-state index is 12.0. The third-order valence-corrected chi connectivity index (χ3v) is 2.32. The number of halogens is 3. The van der Waals surface area contributed by atoms with Crippen molar-refractivity contribution in [2.24, 2.45) is 0 Å². The Morgan fingerprint density at radius 3 is 2.65 bits per heavy atom. The smallest absolute Gasteiger partial charge is 0.319 e. The highest BCUT2D eigenvalue weighted by atomic mass is 19.4. The average Bonchev–Trinajstić information content (AvgIpc) is 2.25. The van der Waals surface area contributed by atoms with Crippen LogP contribution in [0.2, 0.25) is 0 Å². The number of H-pyrrole nitrogens is 1. The number of aryl methyl sites for hydroxylation is 1. The van der Waals surface area contributed by atoms with Crippen molar-refractivity contribution < 1.29 is 13.2 Å². The van der Waals surface area contributed by atoms with E-state index in [0.29, 0.717) is 11.0 Å². The van der Waals surface area contributed by atoms with E-state index < -0.39 is 24.6 Å². The van der Waals surface area contributed by atoms with Crippen LogP contribution in [0.5, 0.6) is 0 Å². The topological polar surface area (TPSA) is 45.8 Å². The van der Waals surface area contributed by atoms with Crippen LogP contribution in [0.25, 0.3) is 11.0 Å². The van der Waals surface area contributed by atoms with Gasteiger partial charge in [-0.05, 0) is 12.1 Å². The van der Waals surface area contributed by atoms with Gasteiger partial charge < -0.3 is 4.98 Å². The first-order valence-corrected chi connectivity index (χ1v) is 5.00. The molecule has 0 aliphatic heterocycles. The van der Waals surface area contributed by atoms with Crippen molar-refractivity contribution >= 4 is 11.0 Å². The van der Waals surface area contributed by atoms with E-state index in [0.717, 1.165) is 0 Å². The van der Waals surface area contributed by atoms with Gasteiger partial charge in [0.2, 0.25) is 0 Å². The lowest BCUT2D eigenvalue weighted by molar-refractivity contribution is -0.134. The molecule has 0 aliphatic rings. The van der Waals surface area contributed by atoms with Crippen molar-refractivity contribution in [1.82, 2.24) is 9.97 Å². The van der Waals surface area contributed by atoms with Crippen LogP contribution in [0, 0.1) is 0 Å². The molecule has 0 atom stereocenters. The number of aromatic nitrogens is 2. The van der Waals surface area contributed by atoms with E-state index in [9.17, 15) is 18.0 Å². The Morgan fingerprint density at radius 1 is 1.24 bits per heavy atom. The maximum absolute atomic E-state index is 12.0. The molecule has 17 heavy (non-hydrogen) atoms. The first-order valence-electron chi connectivity index (χ1n) is 5.00. The minimum absolute atomic E-state index is 0.0824. The SMILES string of the molecule is O=c1[nH]c2ccccc2nc1CCC(F)(F)F. The van der Waals surface area contributed by atoms with Gasteiger partial charge in [-0.15, -0.1) is 0 Å². The van der Waals surface area contributed by atoms with Gasteiger partial charge in [-0.25, -0.2) is 4.98 Å². The van der Waals surface area contributed by atoms with Crippen LogP contribution >= 0.6 is 0 Å². The second-order valence-electron chi connectivity index (χ2n) is 3.64. The van der Waals surface area contributed by atoms with Gasteiger partial charge in [0.05, 0.1) is 11.0 Å². The molecular weight excluding hydrogens is 233 g/mol. The van der Waals surface area contributed by atoms with Gasteiger partial charge in [0.25, 0.3) is 5.56 Å². The molecule has 0 saturated carbocycles. The molecule has 1 aromatic heterocycles. The molecule has 1 heterocycles. The van der Waals surface area contributed by atoms with E-state index in [1.54, 1.807) is 24.3 Å². The van der Waals surface area contributed by atoms with Gasteiger partial charge in [-0.1, -0.05) is 12.1 Å². The largest absolute Gasteiger partial charge is 0.389 e. The van der Waals surface area contributed by atoms with Crippen LogP contribution in [0.3, 0.4) is 0 Å². The second-order valence-corrected chi connectivity index (χ2v) is 3.64. The van der Waals surface area contributed by atoms with Gasteiger partial charge in [0, 0.05) is 12.8 Å². The Balaban J connectivity index is 2.35. The summed E-state index contributed by atoms with van der Waals surface area (Å²) in [5.74, 6) is 0. The Morgan fingerprint density at radius 2 is 1.94 bits per heavy atom. The van der Waals surface area contributed by atoms with Crippen molar-refractivity contribution in [3.05, 3.63) is 40.3 Å². The molecule has 0 aliphatic carbocycles. The van der Waals surface area contributed by atoms with E-state index in [-0.39, 0.29) is 5.69 Å². The average molecular weight is 242 g/mol. The minimum atomic E-state index is -4.28. The molecule has 0 amide bonds. The number of nitrogens with one attached hydrogen (secondary N) is 1. The third kappa shape index (κ3) is 2.83. The Hall–Kier alpha value is -1.85. The summed E-state index contributed by atoms with van der Waals surface area (Å²) >= 11 is 0. The Kier molecular flexibility index (Phi) is 2.87. The molecular formula is C11H9F3N2O. The molecule has 6 heteroatoms. The number of hydrogen-bond acceptors (Lipinski definition) is 2. The summed E-state index contributed by atoms with van der Waals surface area (Å²) in [5.41, 5.74) is 0.367. The van der Waals surface area contributed by atoms with Crippen LogP contribution in [-0.4, -0.2) is 16.1 Å². The number of aromatic amines is 1. The second kappa shape index (κ2) is 4.20. The zero-order valence-electron chi connectivity index (χ0n) is 8.71. The first-order chi connectivity index (χ1) is 7.96. The van der Waals surface area contributed by atoms with Gasteiger partial charge in [-0.2, -0.15) is 13.2 Å². The van der Waals surface area contributed by atoms with Crippen LogP contribution < -0.4 is 5.56 Å². The highest BCUT2D eigenvalue weighted by Gasteiger charge is 2.27. The van der Waals surface area contributed by atoms with Crippen molar-refractivity contribution in [1.29, 1.82) is 0 Å². The number of rotatable bonds is 2. The van der Waals surface area contributed by atoms with Crippen molar-refractivity contribution in [2.45, 2.75) is 19.0 Å². The Bertz CT molecular complexity index is 589. The van der Waals surface area contributed by atoms with E-state index in [1.165, 1.54) is 0 Å².